The summed E-state index contributed by atoms with van der Waals surface area (Å²) >= 11 is 0. The van der Waals surface area contributed by atoms with E-state index in [0.29, 0.717) is 5.56 Å². The zero-order valence-corrected chi connectivity index (χ0v) is 18.7. The molecule has 0 aliphatic rings. The molecule has 1 aromatic heterocycles. The van der Waals surface area contributed by atoms with E-state index in [1.54, 1.807) is 6.21 Å². The third-order valence-electron chi connectivity index (χ3n) is 5.50. The van der Waals surface area contributed by atoms with Crippen LogP contribution in [-0.4, -0.2) is 27.0 Å². The Labute approximate surface area is 202 Å². The summed E-state index contributed by atoms with van der Waals surface area (Å²) in [6.07, 6.45) is 1.58. The van der Waals surface area contributed by atoms with Crippen molar-refractivity contribution in [2.45, 2.75) is 0 Å². The molecule has 170 valence electrons. The largest absolute Gasteiger partial charge is 0.508 e. The van der Waals surface area contributed by atoms with Gasteiger partial charge in [0.1, 0.15) is 5.75 Å². The van der Waals surface area contributed by atoms with Gasteiger partial charge in [-0.1, -0.05) is 72.8 Å². The Hall–Kier alpha value is -4.97. The van der Waals surface area contributed by atoms with Crippen molar-refractivity contribution < 1.29 is 9.90 Å². The first-order valence-electron chi connectivity index (χ1n) is 11.1. The quantitative estimate of drug-likeness (QED) is 0.254. The smallest absolute Gasteiger partial charge is 0.271 e. The van der Waals surface area contributed by atoms with Gasteiger partial charge in [0.25, 0.3) is 5.91 Å². The van der Waals surface area contributed by atoms with E-state index in [2.05, 4.69) is 28.7 Å². The zero-order valence-electron chi connectivity index (χ0n) is 18.7. The lowest BCUT2D eigenvalue weighted by Crippen LogP contribution is -2.17. The number of nitrogens with zero attached hydrogens (tertiary/aromatic N) is 3. The first kappa shape index (κ1) is 21.9. The lowest BCUT2D eigenvalue weighted by molar-refractivity contribution is 0.0955. The van der Waals surface area contributed by atoms with Gasteiger partial charge < -0.3 is 5.11 Å². The second kappa shape index (κ2) is 9.89. The summed E-state index contributed by atoms with van der Waals surface area (Å²) in [5.41, 5.74) is 8.67. The van der Waals surface area contributed by atoms with Crippen LogP contribution in [0.2, 0.25) is 0 Å². The number of carbonyl (C=O) groups excluding carboxylic acids is 1. The average molecular weight is 459 g/mol. The topological polar surface area (TPSA) is 79.5 Å². The minimum absolute atomic E-state index is 0.105. The van der Waals surface area contributed by atoms with Gasteiger partial charge in [-0.2, -0.15) is 10.2 Å². The molecule has 1 heterocycles. The van der Waals surface area contributed by atoms with Crippen molar-refractivity contribution in [3.05, 3.63) is 126 Å². The number of aromatic hydroxyl groups is 1. The molecular weight excluding hydrogens is 436 g/mol. The lowest BCUT2D eigenvalue weighted by Gasteiger charge is -2.08. The molecule has 6 heteroatoms. The minimum Gasteiger partial charge on any atom is -0.508 e. The maximum Gasteiger partial charge on any atom is 0.271 e. The summed E-state index contributed by atoms with van der Waals surface area (Å²) in [5, 5.41) is 18.3. The van der Waals surface area contributed by atoms with E-state index in [1.807, 2.05) is 77.5 Å². The fourth-order valence-corrected chi connectivity index (χ4v) is 3.69. The van der Waals surface area contributed by atoms with Gasteiger partial charge in [-0.3, -0.25) is 4.79 Å². The van der Waals surface area contributed by atoms with Crippen LogP contribution in [0, 0.1) is 0 Å². The third-order valence-corrected chi connectivity index (χ3v) is 5.50. The van der Waals surface area contributed by atoms with Gasteiger partial charge in [0.2, 0.25) is 0 Å². The number of phenols is 1. The number of amides is 1. The highest BCUT2D eigenvalue weighted by molar-refractivity contribution is 5.95. The molecule has 5 aromatic rings. The van der Waals surface area contributed by atoms with Gasteiger partial charge in [0.15, 0.2) is 0 Å². The molecule has 4 aromatic carbocycles. The molecule has 0 unspecified atom stereocenters. The monoisotopic (exact) mass is 458 g/mol. The van der Waals surface area contributed by atoms with Crippen molar-refractivity contribution in [3.63, 3.8) is 0 Å². The van der Waals surface area contributed by atoms with Gasteiger partial charge in [-0.05, 0) is 48.0 Å². The predicted octanol–water partition coefficient (Wildman–Crippen LogP) is 5.68. The van der Waals surface area contributed by atoms with E-state index in [-0.39, 0.29) is 11.7 Å². The first-order valence-corrected chi connectivity index (χ1v) is 11.1. The average Bonchev–Trinajstić information content (AvgIpc) is 3.36. The van der Waals surface area contributed by atoms with E-state index >= 15 is 0 Å². The number of nitrogens with one attached hydrogen (secondary N) is 1. The number of hydrogen-bond acceptors (Lipinski definition) is 4. The number of hydrogen-bond donors (Lipinski definition) is 2. The van der Waals surface area contributed by atoms with Crippen LogP contribution >= 0.6 is 0 Å². The highest BCUT2D eigenvalue weighted by Gasteiger charge is 2.13. The summed E-state index contributed by atoms with van der Waals surface area (Å²) in [4.78, 5) is 12.2. The Kier molecular flexibility index (Phi) is 6.17. The molecule has 0 aliphatic carbocycles. The number of rotatable bonds is 6. The Bertz CT molecular complexity index is 1460. The second-order valence-electron chi connectivity index (χ2n) is 7.90. The molecule has 0 radical (unpaired) electrons. The number of phenolic OH excluding ortho intramolecular Hbond substituents is 1. The molecule has 0 atom stereocenters. The Morgan fingerprint density at radius 1 is 0.800 bits per heavy atom. The highest BCUT2D eigenvalue weighted by Crippen LogP contribution is 2.28. The number of benzene rings is 4. The molecule has 5 rings (SSSR count). The molecule has 6 nitrogen and oxygen atoms in total. The Balaban J connectivity index is 1.38. The molecule has 0 bridgehead atoms. The van der Waals surface area contributed by atoms with Gasteiger partial charge >= 0.3 is 0 Å². The molecule has 0 spiro atoms. The summed E-state index contributed by atoms with van der Waals surface area (Å²) in [5.74, 6) is -0.246. The highest BCUT2D eigenvalue weighted by atomic mass is 16.3. The third kappa shape index (κ3) is 5.02. The molecular formula is C29H22N4O2. The van der Waals surface area contributed by atoms with Gasteiger partial charge in [-0.15, -0.1) is 0 Å². The molecule has 0 saturated carbocycles. The van der Waals surface area contributed by atoms with Crippen molar-refractivity contribution in [2.24, 2.45) is 5.10 Å². The Morgan fingerprint density at radius 3 is 2.09 bits per heavy atom. The van der Waals surface area contributed by atoms with Crippen LogP contribution in [0.1, 0.15) is 15.9 Å². The lowest BCUT2D eigenvalue weighted by atomic mass is 10.1. The van der Waals surface area contributed by atoms with Crippen LogP contribution in [0.25, 0.3) is 28.2 Å². The Morgan fingerprint density at radius 2 is 1.43 bits per heavy atom. The maximum atomic E-state index is 12.2. The zero-order chi connectivity index (χ0) is 24.0. The van der Waals surface area contributed by atoms with Crippen molar-refractivity contribution in [1.29, 1.82) is 0 Å². The van der Waals surface area contributed by atoms with Crippen LogP contribution in [0.5, 0.6) is 5.75 Å². The number of aromatic nitrogens is 2. The second-order valence-corrected chi connectivity index (χ2v) is 7.90. The van der Waals surface area contributed by atoms with Crippen LogP contribution < -0.4 is 5.43 Å². The normalized spacial score (nSPS) is 11.0. The van der Waals surface area contributed by atoms with Crippen molar-refractivity contribution >= 4 is 12.1 Å². The van der Waals surface area contributed by atoms with E-state index < -0.39 is 0 Å². The first-order chi connectivity index (χ1) is 17.2. The molecule has 0 aliphatic heterocycles. The van der Waals surface area contributed by atoms with Crippen LogP contribution in [-0.2, 0) is 0 Å². The van der Waals surface area contributed by atoms with Crippen LogP contribution in [0.4, 0.5) is 0 Å². The number of hydrazone groups is 1. The summed E-state index contributed by atoms with van der Waals surface area (Å²) in [6, 6.07) is 36.1. The van der Waals surface area contributed by atoms with Crippen LogP contribution in [0.3, 0.4) is 0 Å². The predicted molar refractivity (Wildman–Crippen MR) is 138 cm³/mol. The van der Waals surface area contributed by atoms with Crippen molar-refractivity contribution in [3.8, 4) is 34.0 Å². The molecule has 2 N–H and O–H groups in total. The molecule has 35 heavy (non-hydrogen) atoms. The van der Waals surface area contributed by atoms with E-state index in [1.165, 1.54) is 24.3 Å². The fourth-order valence-electron chi connectivity index (χ4n) is 3.69. The summed E-state index contributed by atoms with van der Waals surface area (Å²) in [7, 11) is 0. The molecule has 0 fully saturated rings. The molecule has 0 saturated heterocycles. The summed E-state index contributed by atoms with van der Waals surface area (Å²) < 4.78 is 1.94. The van der Waals surface area contributed by atoms with Crippen molar-refractivity contribution in [1.82, 2.24) is 15.2 Å². The van der Waals surface area contributed by atoms with E-state index in [0.717, 1.165) is 33.8 Å². The number of carbonyl (C=O) groups is 1. The fraction of sp³-hybridized carbons (Fsp3) is 0. The van der Waals surface area contributed by atoms with Gasteiger partial charge in [-0.25, -0.2) is 10.1 Å². The van der Waals surface area contributed by atoms with E-state index in [4.69, 9.17) is 5.10 Å². The summed E-state index contributed by atoms with van der Waals surface area (Å²) in [6.45, 7) is 0. The van der Waals surface area contributed by atoms with Gasteiger partial charge in [0.05, 0.1) is 23.3 Å². The maximum absolute atomic E-state index is 12.2. The standard InChI is InChI=1S/C29H22N4O2/c34-26-17-13-24(14-18-26)29(35)31-30-20-21-11-15-25(16-12-21)33-28(23-9-5-2-6-10-23)19-27(32-33)22-7-3-1-4-8-22/h1-20,34H,(H,31,35)/b30-20-. The minimum atomic E-state index is -0.352. The van der Waals surface area contributed by atoms with Crippen LogP contribution in [0.15, 0.2) is 120 Å². The van der Waals surface area contributed by atoms with E-state index in [9.17, 15) is 9.90 Å². The van der Waals surface area contributed by atoms with Crippen molar-refractivity contribution in [2.75, 3.05) is 0 Å². The van der Waals surface area contributed by atoms with Gasteiger partial charge in [0, 0.05) is 16.7 Å². The molecule has 1 amide bonds. The SMILES string of the molecule is O=C(N/N=C\c1ccc(-n2nc(-c3ccccc3)cc2-c2ccccc2)cc1)c1ccc(O)cc1.